The molecule has 17 heavy (non-hydrogen) atoms. The van der Waals surface area contributed by atoms with Gasteiger partial charge < -0.3 is 5.32 Å². The summed E-state index contributed by atoms with van der Waals surface area (Å²) >= 11 is 5.86. The van der Waals surface area contributed by atoms with E-state index in [1.807, 2.05) is 6.92 Å². The Labute approximate surface area is 106 Å². The van der Waals surface area contributed by atoms with Gasteiger partial charge in [-0.3, -0.25) is 4.21 Å². The molecule has 0 saturated carbocycles. The monoisotopic (exact) mass is 273 g/mol. The summed E-state index contributed by atoms with van der Waals surface area (Å²) in [6, 6.07) is 1.66. The van der Waals surface area contributed by atoms with Gasteiger partial charge in [-0.1, -0.05) is 18.5 Å². The molecule has 0 aliphatic rings. The summed E-state index contributed by atoms with van der Waals surface area (Å²) in [6.45, 7) is 2.49. The molecular weight excluding hydrogens is 262 g/mol. The molecule has 1 N–H and O–H groups in total. The SMILES string of the molecule is CCS(=O)CCNc1cc(Cl)nc2ncnn12. The minimum Gasteiger partial charge on any atom is -0.369 e. The van der Waals surface area contributed by atoms with E-state index < -0.39 is 10.8 Å². The van der Waals surface area contributed by atoms with E-state index in [0.29, 0.717) is 34.8 Å². The van der Waals surface area contributed by atoms with Crippen molar-refractivity contribution in [3.05, 3.63) is 17.5 Å². The lowest BCUT2D eigenvalue weighted by Gasteiger charge is -2.07. The van der Waals surface area contributed by atoms with Crippen LogP contribution in [-0.2, 0) is 10.8 Å². The third-order valence-corrected chi connectivity index (χ3v) is 3.68. The Bertz CT molecular complexity index is 543. The first-order valence-electron chi connectivity index (χ1n) is 5.16. The number of aromatic nitrogens is 4. The van der Waals surface area contributed by atoms with Crippen molar-refractivity contribution >= 4 is 34.0 Å². The average molecular weight is 274 g/mol. The Balaban J connectivity index is 2.12. The van der Waals surface area contributed by atoms with Gasteiger partial charge in [0.1, 0.15) is 17.3 Å². The highest BCUT2D eigenvalue weighted by Crippen LogP contribution is 2.13. The van der Waals surface area contributed by atoms with Gasteiger partial charge in [-0.2, -0.15) is 19.6 Å². The zero-order chi connectivity index (χ0) is 12.3. The molecule has 1 unspecified atom stereocenters. The van der Waals surface area contributed by atoms with E-state index >= 15 is 0 Å². The molecule has 0 bridgehead atoms. The minimum absolute atomic E-state index is 0.351. The van der Waals surface area contributed by atoms with Gasteiger partial charge in [0, 0.05) is 34.9 Å². The molecule has 0 aromatic carbocycles. The molecule has 0 aliphatic heterocycles. The van der Waals surface area contributed by atoms with Crippen molar-refractivity contribution in [1.29, 1.82) is 0 Å². The summed E-state index contributed by atoms with van der Waals surface area (Å²) in [6.07, 6.45) is 1.41. The lowest BCUT2D eigenvalue weighted by atomic mass is 10.5. The van der Waals surface area contributed by atoms with Crippen LogP contribution in [0.2, 0.25) is 5.15 Å². The summed E-state index contributed by atoms with van der Waals surface area (Å²) < 4.78 is 12.8. The van der Waals surface area contributed by atoms with E-state index in [2.05, 4.69) is 20.4 Å². The van der Waals surface area contributed by atoms with Crippen LogP contribution in [0.4, 0.5) is 5.82 Å². The summed E-state index contributed by atoms with van der Waals surface area (Å²) in [4.78, 5) is 7.97. The van der Waals surface area contributed by atoms with E-state index in [1.54, 1.807) is 10.6 Å². The maximum absolute atomic E-state index is 11.3. The van der Waals surface area contributed by atoms with E-state index in [0.717, 1.165) is 0 Å². The van der Waals surface area contributed by atoms with Crippen LogP contribution in [0.3, 0.4) is 0 Å². The molecule has 92 valence electrons. The molecule has 8 heteroatoms. The highest BCUT2D eigenvalue weighted by molar-refractivity contribution is 7.84. The van der Waals surface area contributed by atoms with Gasteiger partial charge in [0.25, 0.3) is 5.78 Å². The van der Waals surface area contributed by atoms with Gasteiger partial charge in [0.2, 0.25) is 0 Å². The molecule has 2 rings (SSSR count). The lowest BCUT2D eigenvalue weighted by molar-refractivity contribution is 0.684. The van der Waals surface area contributed by atoms with Crippen molar-refractivity contribution in [2.45, 2.75) is 6.92 Å². The molecule has 6 nitrogen and oxygen atoms in total. The predicted molar refractivity (Wildman–Crippen MR) is 67.8 cm³/mol. The zero-order valence-corrected chi connectivity index (χ0v) is 10.8. The Morgan fingerprint density at radius 2 is 2.41 bits per heavy atom. The Morgan fingerprint density at radius 3 is 3.18 bits per heavy atom. The quantitative estimate of drug-likeness (QED) is 0.822. The molecule has 0 fully saturated rings. The third kappa shape index (κ3) is 2.92. The smallest absolute Gasteiger partial charge is 0.255 e. The maximum atomic E-state index is 11.3. The van der Waals surface area contributed by atoms with Crippen LogP contribution in [0.1, 0.15) is 6.92 Å². The first kappa shape index (κ1) is 12.3. The molecule has 1 atom stereocenters. The fourth-order valence-electron chi connectivity index (χ4n) is 1.35. The normalized spacial score (nSPS) is 12.8. The topological polar surface area (TPSA) is 72.2 Å². The Kier molecular flexibility index (Phi) is 3.90. The highest BCUT2D eigenvalue weighted by Gasteiger charge is 2.06. The number of hydrogen-bond acceptors (Lipinski definition) is 5. The predicted octanol–water partition coefficient (Wildman–Crippen LogP) is 0.958. The number of nitrogens with zero attached hydrogens (tertiary/aromatic N) is 4. The number of fused-ring (bicyclic) bond motifs is 1. The molecule has 2 aromatic heterocycles. The largest absolute Gasteiger partial charge is 0.369 e. The molecule has 0 amide bonds. The Morgan fingerprint density at radius 1 is 1.59 bits per heavy atom. The van der Waals surface area contributed by atoms with E-state index in [1.165, 1.54) is 6.33 Å². The summed E-state index contributed by atoms with van der Waals surface area (Å²) in [5.74, 6) is 2.40. The fraction of sp³-hybridized carbons (Fsp3) is 0.444. The molecular formula is C9H12ClN5OS. The van der Waals surface area contributed by atoms with Crippen LogP contribution in [0.15, 0.2) is 12.4 Å². The van der Waals surface area contributed by atoms with Crippen molar-refractivity contribution in [3.8, 4) is 0 Å². The van der Waals surface area contributed by atoms with Gasteiger partial charge in [-0.05, 0) is 0 Å². The first-order chi connectivity index (χ1) is 8.20. The van der Waals surface area contributed by atoms with E-state index in [9.17, 15) is 4.21 Å². The number of hydrogen-bond donors (Lipinski definition) is 1. The third-order valence-electron chi connectivity index (χ3n) is 2.18. The zero-order valence-electron chi connectivity index (χ0n) is 9.26. The highest BCUT2D eigenvalue weighted by atomic mass is 35.5. The van der Waals surface area contributed by atoms with E-state index in [-0.39, 0.29) is 0 Å². The molecule has 2 aromatic rings. The molecule has 0 radical (unpaired) electrons. The maximum Gasteiger partial charge on any atom is 0.255 e. The van der Waals surface area contributed by atoms with Gasteiger partial charge in [0.05, 0.1) is 0 Å². The van der Waals surface area contributed by atoms with Crippen LogP contribution in [0.25, 0.3) is 5.78 Å². The Hall–Kier alpha value is -1.21. The lowest BCUT2D eigenvalue weighted by Crippen LogP contribution is -2.14. The second-order valence-corrected chi connectivity index (χ2v) is 5.55. The van der Waals surface area contributed by atoms with Crippen LogP contribution in [0, 0.1) is 0 Å². The molecule has 0 saturated heterocycles. The summed E-state index contributed by atoms with van der Waals surface area (Å²) in [5.41, 5.74) is 0. The standard InChI is InChI=1S/C9H12ClN5OS/c1-2-17(16)4-3-11-8-5-7(10)14-9-12-6-13-15(8)9/h5-6,11H,2-4H2,1H3. The number of halogens is 1. The molecule has 0 aliphatic carbocycles. The van der Waals surface area contributed by atoms with Crippen molar-refractivity contribution in [2.24, 2.45) is 0 Å². The summed E-state index contributed by atoms with van der Waals surface area (Å²) in [5, 5.41) is 7.50. The number of nitrogens with one attached hydrogen (secondary N) is 1. The van der Waals surface area contributed by atoms with Gasteiger partial charge in [-0.25, -0.2) is 0 Å². The van der Waals surface area contributed by atoms with Gasteiger partial charge in [0.15, 0.2) is 0 Å². The van der Waals surface area contributed by atoms with Crippen LogP contribution < -0.4 is 5.32 Å². The molecule has 2 heterocycles. The summed E-state index contributed by atoms with van der Waals surface area (Å²) in [7, 11) is -0.787. The number of anilines is 1. The van der Waals surface area contributed by atoms with Crippen molar-refractivity contribution < 1.29 is 4.21 Å². The van der Waals surface area contributed by atoms with Crippen molar-refractivity contribution in [2.75, 3.05) is 23.4 Å². The van der Waals surface area contributed by atoms with Crippen LogP contribution >= 0.6 is 11.6 Å². The second kappa shape index (κ2) is 5.42. The van der Waals surface area contributed by atoms with Gasteiger partial charge in [-0.15, -0.1) is 0 Å². The van der Waals surface area contributed by atoms with Crippen LogP contribution in [0.5, 0.6) is 0 Å². The number of rotatable bonds is 5. The second-order valence-electron chi connectivity index (χ2n) is 3.30. The van der Waals surface area contributed by atoms with Crippen molar-refractivity contribution in [1.82, 2.24) is 19.6 Å². The molecule has 0 spiro atoms. The average Bonchev–Trinajstić information content (AvgIpc) is 2.76. The van der Waals surface area contributed by atoms with Crippen LogP contribution in [-0.4, -0.2) is 41.8 Å². The van der Waals surface area contributed by atoms with Crippen molar-refractivity contribution in [3.63, 3.8) is 0 Å². The van der Waals surface area contributed by atoms with E-state index in [4.69, 9.17) is 11.6 Å². The minimum atomic E-state index is -0.787. The van der Waals surface area contributed by atoms with Gasteiger partial charge >= 0.3 is 0 Å². The first-order valence-corrected chi connectivity index (χ1v) is 7.02. The fourth-order valence-corrected chi connectivity index (χ4v) is 2.14.